The molecular formula is C22H30N6O4S. The Morgan fingerprint density at radius 3 is 2.18 bits per heavy atom. The number of carbonyl (C=O) groups excluding carboxylic acids is 2. The van der Waals surface area contributed by atoms with E-state index in [1.54, 1.807) is 43.3 Å². The second kappa shape index (κ2) is 11.4. The molecule has 0 aromatic heterocycles. The Balaban J connectivity index is 2.38. The van der Waals surface area contributed by atoms with Crippen LogP contribution in [0.2, 0.25) is 0 Å². The highest BCUT2D eigenvalue weighted by Crippen LogP contribution is 2.20. The minimum absolute atomic E-state index is 0.0773. The molecule has 2 atom stereocenters. The number of hydrogen-bond acceptors (Lipinski definition) is 5. The van der Waals surface area contributed by atoms with Gasteiger partial charge in [-0.1, -0.05) is 65.8 Å². The highest BCUT2D eigenvalue weighted by Gasteiger charge is 2.37. The number of guanidine groups is 1. The van der Waals surface area contributed by atoms with Gasteiger partial charge in [0.25, 0.3) is 10.0 Å². The van der Waals surface area contributed by atoms with Crippen molar-refractivity contribution in [3.05, 3.63) is 65.7 Å². The van der Waals surface area contributed by atoms with Crippen molar-refractivity contribution in [2.75, 3.05) is 0 Å². The first-order chi connectivity index (χ1) is 15.6. The van der Waals surface area contributed by atoms with Gasteiger partial charge in [-0.25, -0.2) is 8.42 Å². The van der Waals surface area contributed by atoms with Crippen molar-refractivity contribution in [2.45, 2.75) is 50.1 Å². The summed E-state index contributed by atoms with van der Waals surface area (Å²) in [7, 11) is -4.27. The van der Waals surface area contributed by atoms with E-state index in [0.29, 0.717) is 10.8 Å². The van der Waals surface area contributed by atoms with Crippen LogP contribution in [0.4, 0.5) is 0 Å². The number of sulfonamides is 1. The van der Waals surface area contributed by atoms with Crippen molar-refractivity contribution in [1.82, 2.24) is 15.2 Å². The second-order valence-corrected chi connectivity index (χ2v) is 9.41. The van der Waals surface area contributed by atoms with Gasteiger partial charge in [0.2, 0.25) is 17.8 Å². The normalized spacial score (nSPS) is 13.2. The second-order valence-electron chi connectivity index (χ2n) is 7.60. The Labute approximate surface area is 193 Å². The number of nitrogens with two attached hydrogens (primary N) is 2. The number of amides is 2. The lowest BCUT2D eigenvalue weighted by atomic mass is 10.0. The predicted molar refractivity (Wildman–Crippen MR) is 125 cm³/mol. The van der Waals surface area contributed by atoms with Crippen molar-refractivity contribution in [1.29, 1.82) is 5.41 Å². The third-order valence-corrected chi connectivity index (χ3v) is 6.63. The van der Waals surface area contributed by atoms with Crippen molar-refractivity contribution < 1.29 is 18.0 Å². The fraction of sp³-hybridized carbons (Fsp3) is 0.318. The van der Waals surface area contributed by atoms with Crippen molar-refractivity contribution >= 4 is 27.8 Å². The van der Waals surface area contributed by atoms with Crippen molar-refractivity contribution in [2.24, 2.45) is 11.5 Å². The average molecular weight is 475 g/mol. The summed E-state index contributed by atoms with van der Waals surface area (Å²) in [6.45, 7) is 3.59. The smallest absolute Gasteiger partial charge is 0.260 e. The van der Waals surface area contributed by atoms with Crippen LogP contribution in [0.15, 0.2) is 59.5 Å². The van der Waals surface area contributed by atoms with Gasteiger partial charge < -0.3 is 16.8 Å². The van der Waals surface area contributed by atoms with Crippen LogP contribution < -0.4 is 22.2 Å². The van der Waals surface area contributed by atoms with Crippen LogP contribution >= 0.6 is 0 Å². The highest BCUT2D eigenvalue weighted by atomic mass is 32.2. The van der Waals surface area contributed by atoms with Gasteiger partial charge in [0.1, 0.15) is 12.1 Å². The zero-order valence-electron chi connectivity index (χ0n) is 18.6. The first kappa shape index (κ1) is 25.8. The molecule has 0 heterocycles. The van der Waals surface area contributed by atoms with Gasteiger partial charge in [-0.05, 0) is 31.0 Å². The SMILES string of the molecule is CCC[C@@H](C(=O)N[C@@H](Cc1ccccc1)C(N)=O)N(NC(=N)N)S(=O)(=O)c1ccc(C)cc1. The maximum absolute atomic E-state index is 13.4. The van der Waals surface area contributed by atoms with Crippen molar-refractivity contribution in [3.8, 4) is 0 Å². The molecule has 0 aliphatic carbocycles. The molecule has 0 aliphatic heterocycles. The first-order valence-electron chi connectivity index (χ1n) is 10.4. The Kier molecular flexibility index (Phi) is 8.94. The van der Waals surface area contributed by atoms with Crippen LogP contribution in [0.1, 0.15) is 30.9 Å². The van der Waals surface area contributed by atoms with E-state index in [4.69, 9.17) is 16.9 Å². The lowest BCUT2D eigenvalue weighted by Crippen LogP contribution is -2.60. The number of benzene rings is 2. The topological polar surface area (TPSA) is 171 Å². The molecule has 0 saturated carbocycles. The summed E-state index contributed by atoms with van der Waals surface area (Å²) in [6.07, 6.45) is 0.692. The lowest BCUT2D eigenvalue weighted by Gasteiger charge is -2.31. The fourth-order valence-corrected chi connectivity index (χ4v) is 4.68. The third kappa shape index (κ3) is 7.02. The van der Waals surface area contributed by atoms with E-state index in [0.717, 1.165) is 11.1 Å². The molecule has 0 aliphatic rings. The summed E-state index contributed by atoms with van der Waals surface area (Å²) in [5.41, 5.74) is 14.9. The molecule has 0 spiro atoms. The summed E-state index contributed by atoms with van der Waals surface area (Å²) < 4.78 is 27.4. The molecule has 0 bridgehead atoms. The van der Waals surface area contributed by atoms with Crippen LogP contribution in [-0.4, -0.2) is 42.7 Å². The summed E-state index contributed by atoms with van der Waals surface area (Å²) in [5, 5.41) is 10.1. The van der Waals surface area contributed by atoms with Crippen LogP contribution in [0, 0.1) is 12.3 Å². The molecule has 7 N–H and O–H groups in total. The Hall–Kier alpha value is -3.44. The van der Waals surface area contributed by atoms with E-state index in [9.17, 15) is 18.0 Å². The van der Waals surface area contributed by atoms with Gasteiger partial charge in [0.05, 0.1) is 4.90 Å². The molecule has 2 aromatic carbocycles. The van der Waals surface area contributed by atoms with E-state index in [1.807, 2.05) is 13.0 Å². The Bertz CT molecular complexity index is 1070. The number of rotatable bonds is 11. The molecule has 10 nitrogen and oxygen atoms in total. The van der Waals surface area contributed by atoms with Gasteiger partial charge in [-0.15, -0.1) is 0 Å². The minimum atomic E-state index is -4.27. The lowest BCUT2D eigenvalue weighted by molar-refractivity contribution is -0.130. The van der Waals surface area contributed by atoms with E-state index in [1.165, 1.54) is 12.1 Å². The molecule has 0 saturated heterocycles. The number of nitrogens with zero attached hydrogens (tertiary/aromatic N) is 1. The monoisotopic (exact) mass is 474 g/mol. The van der Waals surface area contributed by atoms with E-state index in [-0.39, 0.29) is 17.7 Å². The number of aryl methyl sites for hydroxylation is 1. The molecule has 11 heteroatoms. The number of hydrogen-bond donors (Lipinski definition) is 5. The maximum Gasteiger partial charge on any atom is 0.260 e. The molecule has 0 radical (unpaired) electrons. The molecule has 178 valence electrons. The van der Waals surface area contributed by atoms with Crippen LogP contribution in [0.25, 0.3) is 0 Å². The summed E-state index contributed by atoms with van der Waals surface area (Å²) in [5.74, 6) is -2.15. The average Bonchev–Trinajstić information content (AvgIpc) is 2.76. The molecule has 2 rings (SSSR count). The third-order valence-electron chi connectivity index (χ3n) is 4.90. The van der Waals surface area contributed by atoms with Crippen LogP contribution in [-0.2, 0) is 26.0 Å². The minimum Gasteiger partial charge on any atom is -0.369 e. The van der Waals surface area contributed by atoms with Gasteiger partial charge in [-0.3, -0.25) is 20.4 Å². The zero-order valence-corrected chi connectivity index (χ0v) is 19.4. The molecule has 0 fully saturated rings. The van der Waals surface area contributed by atoms with Crippen LogP contribution in [0.3, 0.4) is 0 Å². The van der Waals surface area contributed by atoms with Crippen molar-refractivity contribution in [3.63, 3.8) is 0 Å². The number of nitrogens with one attached hydrogen (secondary N) is 3. The number of carbonyl (C=O) groups is 2. The maximum atomic E-state index is 13.4. The molecule has 33 heavy (non-hydrogen) atoms. The van der Waals surface area contributed by atoms with E-state index in [2.05, 4.69) is 10.7 Å². The fourth-order valence-electron chi connectivity index (χ4n) is 3.22. The number of primary amides is 1. The Morgan fingerprint density at radius 1 is 1.06 bits per heavy atom. The summed E-state index contributed by atoms with van der Waals surface area (Å²) >= 11 is 0. The summed E-state index contributed by atoms with van der Waals surface area (Å²) in [4.78, 5) is 25.2. The van der Waals surface area contributed by atoms with E-state index >= 15 is 0 Å². The quantitative estimate of drug-likeness (QED) is 0.183. The predicted octanol–water partition coefficient (Wildman–Crippen LogP) is 0.765. The highest BCUT2D eigenvalue weighted by molar-refractivity contribution is 7.89. The largest absolute Gasteiger partial charge is 0.369 e. The van der Waals surface area contributed by atoms with E-state index < -0.39 is 39.9 Å². The molecule has 0 unspecified atom stereocenters. The zero-order chi connectivity index (χ0) is 24.6. The molecular weight excluding hydrogens is 444 g/mol. The molecule has 2 amide bonds. The first-order valence-corrected chi connectivity index (χ1v) is 11.9. The summed E-state index contributed by atoms with van der Waals surface area (Å²) in [6, 6.07) is 12.7. The number of hydrazine groups is 1. The van der Waals surface area contributed by atoms with Gasteiger partial charge in [-0.2, -0.15) is 0 Å². The van der Waals surface area contributed by atoms with Crippen LogP contribution in [0.5, 0.6) is 0 Å². The Morgan fingerprint density at radius 2 is 1.67 bits per heavy atom. The van der Waals surface area contributed by atoms with Gasteiger partial charge >= 0.3 is 0 Å². The molecule has 2 aromatic rings. The standard InChI is InChI=1S/C22H30N6O4S/c1-3-7-19(21(30)26-18(20(23)29)14-16-8-5-4-6-9-16)28(27-22(24)25)33(31,32)17-12-10-15(2)11-13-17/h4-6,8-13,18-19H,3,7,14H2,1-2H3,(H2,23,29)(H,26,30)(H4,24,25,27)/t18-,19-/m0/s1. The van der Waals surface area contributed by atoms with Gasteiger partial charge in [0.15, 0.2) is 0 Å². The van der Waals surface area contributed by atoms with Gasteiger partial charge in [0, 0.05) is 6.42 Å².